The molecule has 1 unspecified atom stereocenters. The zero-order valence-corrected chi connectivity index (χ0v) is 11.9. The van der Waals surface area contributed by atoms with Crippen LogP contribution in [0.3, 0.4) is 0 Å². The molecular weight excluding hydrogens is 295 g/mol. The summed E-state index contributed by atoms with van der Waals surface area (Å²) in [7, 11) is 0. The van der Waals surface area contributed by atoms with Crippen LogP contribution in [0.4, 0.5) is 10.2 Å². The van der Waals surface area contributed by atoms with Gasteiger partial charge in [-0.25, -0.2) is 4.98 Å². The summed E-state index contributed by atoms with van der Waals surface area (Å²) in [4.78, 5) is 7.19. The van der Waals surface area contributed by atoms with Crippen molar-refractivity contribution < 1.29 is 9.13 Å². The van der Waals surface area contributed by atoms with Crippen LogP contribution in [0.1, 0.15) is 11.6 Å². The monoisotopic (exact) mass is 308 g/mol. The normalized spacial score (nSPS) is 18.7. The molecule has 2 heterocycles. The molecule has 7 heteroatoms. The lowest BCUT2D eigenvalue weighted by atomic mass is 10.0. The van der Waals surface area contributed by atoms with Crippen LogP contribution >= 0.6 is 11.6 Å². The topological polar surface area (TPSA) is 73.1 Å². The standard InChI is InChI=1S/C14H14ClFN4O/c15-10-4-8(11-6-13(17)20-14(16)19-11)3-9(5-10)12-7-21-2-1-18-12/h3-6,12,18H,1-2,7H2,(H2,17,19,20). The summed E-state index contributed by atoms with van der Waals surface area (Å²) in [5.41, 5.74) is 7.62. The van der Waals surface area contributed by atoms with Gasteiger partial charge in [0.05, 0.1) is 24.9 Å². The van der Waals surface area contributed by atoms with E-state index in [-0.39, 0.29) is 11.9 Å². The highest BCUT2D eigenvalue weighted by atomic mass is 35.5. The number of hydrogen-bond donors (Lipinski definition) is 2. The Balaban J connectivity index is 2.00. The predicted octanol–water partition coefficient (Wildman–Crippen LogP) is 2.18. The number of nitrogen functional groups attached to an aromatic ring is 1. The summed E-state index contributed by atoms with van der Waals surface area (Å²) >= 11 is 6.16. The van der Waals surface area contributed by atoms with E-state index in [0.717, 1.165) is 12.1 Å². The van der Waals surface area contributed by atoms with Crippen molar-refractivity contribution in [2.45, 2.75) is 6.04 Å². The molecular formula is C14H14ClFN4O. The molecule has 1 saturated heterocycles. The van der Waals surface area contributed by atoms with Gasteiger partial charge in [0, 0.05) is 23.2 Å². The Bertz CT molecular complexity index is 641. The Labute approximate surface area is 126 Å². The van der Waals surface area contributed by atoms with Gasteiger partial charge in [0.15, 0.2) is 0 Å². The first-order valence-corrected chi connectivity index (χ1v) is 6.91. The van der Waals surface area contributed by atoms with Crippen LogP contribution in [0.5, 0.6) is 0 Å². The third-order valence-electron chi connectivity index (χ3n) is 3.26. The highest BCUT2D eigenvalue weighted by molar-refractivity contribution is 6.31. The second kappa shape index (κ2) is 5.93. The second-order valence-electron chi connectivity index (χ2n) is 4.80. The Morgan fingerprint density at radius 2 is 2.14 bits per heavy atom. The zero-order chi connectivity index (χ0) is 14.8. The first kappa shape index (κ1) is 14.2. The number of halogens is 2. The van der Waals surface area contributed by atoms with Gasteiger partial charge in [-0.05, 0) is 23.8 Å². The number of nitrogens with zero attached hydrogens (tertiary/aromatic N) is 2. The van der Waals surface area contributed by atoms with E-state index in [2.05, 4.69) is 15.3 Å². The molecule has 0 saturated carbocycles. The number of aromatic nitrogens is 2. The fraction of sp³-hybridized carbons (Fsp3) is 0.286. The predicted molar refractivity (Wildman–Crippen MR) is 78.4 cm³/mol. The maximum Gasteiger partial charge on any atom is 0.311 e. The SMILES string of the molecule is Nc1cc(-c2cc(Cl)cc(C3COCCN3)c2)nc(F)n1. The van der Waals surface area contributed by atoms with Crippen molar-refractivity contribution >= 4 is 17.4 Å². The van der Waals surface area contributed by atoms with Crippen LogP contribution in [0, 0.1) is 6.08 Å². The molecule has 0 aliphatic carbocycles. The average Bonchev–Trinajstić information content (AvgIpc) is 2.46. The summed E-state index contributed by atoms with van der Waals surface area (Å²) < 4.78 is 18.8. The van der Waals surface area contributed by atoms with E-state index < -0.39 is 6.08 Å². The molecule has 1 aliphatic heterocycles. The quantitative estimate of drug-likeness (QED) is 0.832. The molecule has 2 aromatic rings. The maximum atomic E-state index is 13.3. The van der Waals surface area contributed by atoms with E-state index in [1.54, 1.807) is 6.07 Å². The summed E-state index contributed by atoms with van der Waals surface area (Å²) in [5, 5.41) is 3.90. The minimum atomic E-state index is -0.856. The van der Waals surface area contributed by atoms with Crippen LogP contribution in [-0.4, -0.2) is 29.7 Å². The van der Waals surface area contributed by atoms with Crippen molar-refractivity contribution in [1.82, 2.24) is 15.3 Å². The van der Waals surface area contributed by atoms with Gasteiger partial charge in [-0.2, -0.15) is 9.37 Å². The molecule has 1 aromatic carbocycles. The fourth-order valence-electron chi connectivity index (χ4n) is 2.32. The highest BCUT2D eigenvalue weighted by Crippen LogP contribution is 2.28. The van der Waals surface area contributed by atoms with Crippen LogP contribution in [0.2, 0.25) is 5.02 Å². The lowest BCUT2D eigenvalue weighted by Crippen LogP contribution is -2.34. The highest BCUT2D eigenvalue weighted by Gasteiger charge is 2.17. The Hall–Kier alpha value is -1.76. The molecule has 0 amide bonds. The minimum absolute atomic E-state index is 0.0558. The largest absolute Gasteiger partial charge is 0.383 e. The summed E-state index contributed by atoms with van der Waals surface area (Å²) in [6.07, 6.45) is -0.856. The number of nitrogens with one attached hydrogen (secondary N) is 1. The Morgan fingerprint density at radius 1 is 1.29 bits per heavy atom. The van der Waals surface area contributed by atoms with Crippen LogP contribution < -0.4 is 11.1 Å². The third-order valence-corrected chi connectivity index (χ3v) is 3.48. The smallest absolute Gasteiger partial charge is 0.311 e. The molecule has 1 aromatic heterocycles. The summed E-state index contributed by atoms with van der Waals surface area (Å²) in [5.74, 6) is 0.0816. The molecule has 1 atom stereocenters. The van der Waals surface area contributed by atoms with E-state index in [4.69, 9.17) is 22.1 Å². The van der Waals surface area contributed by atoms with Crippen LogP contribution in [0.25, 0.3) is 11.3 Å². The van der Waals surface area contributed by atoms with Crippen molar-refractivity contribution in [3.05, 3.63) is 40.9 Å². The van der Waals surface area contributed by atoms with Crippen molar-refractivity contribution in [2.24, 2.45) is 0 Å². The zero-order valence-electron chi connectivity index (χ0n) is 11.1. The number of morpholine rings is 1. The van der Waals surface area contributed by atoms with Gasteiger partial charge < -0.3 is 15.8 Å². The van der Waals surface area contributed by atoms with Gasteiger partial charge >= 0.3 is 6.08 Å². The number of ether oxygens (including phenoxy) is 1. The molecule has 0 spiro atoms. The molecule has 21 heavy (non-hydrogen) atoms. The van der Waals surface area contributed by atoms with E-state index in [1.165, 1.54) is 6.07 Å². The number of hydrogen-bond acceptors (Lipinski definition) is 5. The lowest BCUT2D eigenvalue weighted by Gasteiger charge is -2.24. The molecule has 3 N–H and O–H groups in total. The third kappa shape index (κ3) is 3.29. The van der Waals surface area contributed by atoms with Crippen LogP contribution in [-0.2, 0) is 4.74 Å². The number of rotatable bonds is 2. The van der Waals surface area contributed by atoms with Crippen molar-refractivity contribution in [3.63, 3.8) is 0 Å². The van der Waals surface area contributed by atoms with Gasteiger partial charge in [0.1, 0.15) is 5.82 Å². The second-order valence-corrected chi connectivity index (χ2v) is 5.24. The molecule has 0 bridgehead atoms. The molecule has 1 aliphatic rings. The van der Waals surface area contributed by atoms with E-state index in [0.29, 0.717) is 29.5 Å². The van der Waals surface area contributed by atoms with Gasteiger partial charge in [-0.15, -0.1) is 0 Å². The molecule has 0 radical (unpaired) electrons. The van der Waals surface area contributed by atoms with E-state index >= 15 is 0 Å². The first-order valence-electron chi connectivity index (χ1n) is 6.54. The number of anilines is 1. The Morgan fingerprint density at radius 3 is 2.86 bits per heavy atom. The number of benzene rings is 1. The molecule has 5 nitrogen and oxygen atoms in total. The molecule has 3 rings (SSSR count). The van der Waals surface area contributed by atoms with Crippen molar-refractivity contribution in [2.75, 3.05) is 25.5 Å². The van der Waals surface area contributed by atoms with Crippen LogP contribution in [0.15, 0.2) is 24.3 Å². The first-order chi connectivity index (χ1) is 10.1. The number of nitrogens with two attached hydrogens (primary N) is 1. The summed E-state index contributed by atoms with van der Waals surface area (Å²) in [6, 6.07) is 7.05. The maximum absolute atomic E-state index is 13.3. The van der Waals surface area contributed by atoms with Gasteiger partial charge in [-0.1, -0.05) is 11.6 Å². The van der Waals surface area contributed by atoms with Gasteiger partial charge in [-0.3, -0.25) is 0 Å². The molecule has 1 fully saturated rings. The van der Waals surface area contributed by atoms with E-state index in [1.807, 2.05) is 12.1 Å². The summed E-state index contributed by atoms with van der Waals surface area (Å²) in [6.45, 7) is 2.04. The van der Waals surface area contributed by atoms with Crippen molar-refractivity contribution in [1.29, 1.82) is 0 Å². The van der Waals surface area contributed by atoms with Crippen molar-refractivity contribution in [3.8, 4) is 11.3 Å². The van der Waals surface area contributed by atoms with E-state index in [9.17, 15) is 4.39 Å². The van der Waals surface area contributed by atoms with Gasteiger partial charge in [0.25, 0.3) is 0 Å². The Kier molecular flexibility index (Phi) is 4.01. The minimum Gasteiger partial charge on any atom is -0.383 e. The lowest BCUT2D eigenvalue weighted by molar-refractivity contribution is 0.0769. The molecule has 110 valence electrons. The van der Waals surface area contributed by atoms with Gasteiger partial charge in [0.2, 0.25) is 0 Å². The fourth-order valence-corrected chi connectivity index (χ4v) is 2.57. The average molecular weight is 309 g/mol.